The molecule has 2 aromatic rings. The number of aryl methyl sites for hydroxylation is 1. The highest BCUT2D eigenvalue weighted by Crippen LogP contribution is 2.38. The molecule has 1 aromatic carbocycles. The average Bonchev–Trinajstić information content (AvgIpc) is 3.26. The van der Waals surface area contributed by atoms with Crippen LogP contribution >= 0.6 is 0 Å². The number of fused-ring (bicyclic) bond motifs is 1. The van der Waals surface area contributed by atoms with Crippen LogP contribution in [0.5, 0.6) is 17.2 Å². The summed E-state index contributed by atoms with van der Waals surface area (Å²) in [6.07, 6.45) is 3.99. The van der Waals surface area contributed by atoms with Gasteiger partial charge in [-0.2, -0.15) is 4.98 Å². The Bertz CT molecular complexity index is 1010. The number of aromatic nitrogens is 2. The number of ether oxygens (including phenoxy) is 3. The first-order valence-electron chi connectivity index (χ1n) is 10.7. The van der Waals surface area contributed by atoms with E-state index in [9.17, 15) is 9.59 Å². The number of hydrogen-bond donors (Lipinski definition) is 0. The second-order valence-electron chi connectivity index (χ2n) is 8.08. The van der Waals surface area contributed by atoms with E-state index in [1.807, 2.05) is 17.0 Å². The summed E-state index contributed by atoms with van der Waals surface area (Å²) in [5.74, 6) is 2.67. The highest BCUT2D eigenvalue weighted by atomic mass is 16.5. The minimum absolute atomic E-state index is 0.0528. The van der Waals surface area contributed by atoms with E-state index in [1.54, 1.807) is 27.4 Å². The fourth-order valence-corrected chi connectivity index (χ4v) is 4.72. The molecule has 1 amide bonds. The molecular formula is C23H29N3O5. The Morgan fingerprint density at radius 2 is 1.81 bits per heavy atom. The molecule has 0 spiro atoms. The second-order valence-corrected chi connectivity index (χ2v) is 8.08. The zero-order chi connectivity index (χ0) is 22.0. The Hall–Kier alpha value is -3.03. The van der Waals surface area contributed by atoms with Crippen molar-refractivity contribution < 1.29 is 19.0 Å². The Morgan fingerprint density at radius 1 is 1.06 bits per heavy atom. The van der Waals surface area contributed by atoms with E-state index in [1.165, 1.54) is 0 Å². The molecule has 31 heavy (non-hydrogen) atoms. The Kier molecular flexibility index (Phi) is 6.15. The molecule has 1 atom stereocenters. The maximum Gasteiger partial charge on any atom is 0.273 e. The summed E-state index contributed by atoms with van der Waals surface area (Å²) in [4.78, 5) is 31.3. The second kappa shape index (κ2) is 8.99. The summed E-state index contributed by atoms with van der Waals surface area (Å²) >= 11 is 0. The summed E-state index contributed by atoms with van der Waals surface area (Å²) in [6.45, 7) is 2.24. The minimum atomic E-state index is -0.177. The maximum atomic E-state index is 13.1. The largest absolute Gasteiger partial charge is 0.493 e. The average molecular weight is 428 g/mol. The summed E-state index contributed by atoms with van der Waals surface area (Å²) in [5, 5.41) is 0. The highest BCUT2D eigenvalue weighted by Gasteiger charge is 2.29. The number of nitrogens with zero attached hydrogens (tertiary/aromatic N) is 3. The molecule has 1 fully saturated rings. The van der Waals surface area contributed by atoms with E-state index < -0.39 is 0 Å². The minimum Gasteiger partial charge on any atom is -0.493 e. The van der Waals surface area contributed by atoms with Crippen molar-refractivity contribution in [2.45, 2.75) is 44.6 Å². The van der Waals surface area contributed by atoms with Crippen molar-refractivity contribution in [3.05, 3.63) is 45.6 Å². The van der Waals surface area contributed by atoms with Crippen molar-refractivity contribution in [3.63, 3.8) is 0 Å². The van der Waals surface area contributed by atoms with Crippen molar-refractivity contribution in [2.75, 3.05) is 34.4 Å². The van der Waals surface area contributed by atoms with Gasteiger partial charge < -0.3 is 23.7 Å². The molecule has 2 aliphatic rings. The lowest BCUT2D eigenvalue weighted by atomic mass is 9.93. The molecule has 3 heterocycles. The van der Waals surface area contributed by atoms with Gasteiger partial charge >= 0.3 is 0 Å². The molecule has 4 rings (SSSR count). The third kappa shape index (κ3) is 4.24. The van der Waals surface area contributed by atoms with Crippen molar-refractivity contribution in [3.8, 4) is 17.2 Å². The first kappa shape index (κ1) is 21.2. The van der Waals surface area contributed by atoms with Crippen LogP contribution in [0.2, 0.25) is 0 Å². The Labute approximate surface area is 181 Å². The van der Waals surface area contributed by atoms with Crippen LogP contribution in [0.1, 0.15) is 42.3 Å². The fraction of sp³-hybridized carbons (Fsp3) is 0.522. The van der Waals surface area contributed by atoms with Gasteiger partial charge in [0.15, 0.2) is 11.5 Å². The summed E-state index contributed by atoms with van der Waals surface area (Å²) < 4.78 is 18.4. The number of carbonyl (C=O) groups excluding carboxylic acids is 1. The van der Waals surface area contributed by atoms with Crippen molar-refractivity contribution in [1.29, 1.82) is 0 Å². The van der Waals surface area contributed by atoms with Crippen LogP contribution in [0, 0.1) is 0 Å². The van der Waals surface area contributed by atoms with Crippen LogP contribution in [0.3, 0.4) is 0 Å². The van der Waals surface area contributed by atoms with E-state index in [0.29, 0.717) is 23.8 Å². The number of rotatable bonds is 6. The van der Waals surface area contributed by atoms with Gasteiger partial charge in [-0.1, -0.05) is 0 Å². The lowest BCUT2D eigenvalue weighted by molar-refractivity contribution is -0.131. The zero-order valence-electron chi connectivity index (χ0n) is 18.3. The molecule has 0 aliphatic carbocycles. The van der Waals surface area contributed by atoms with Crippen molar-refractivity contribution in [1.82, 2.24) is 14.5 Å². The molecule has 0 bridgehead atoms. The van der Waals surface area contributed by atoms with Gasteiger partial charge in [-0.3, -0.25) is 9.59 Å². The Balaban J connectivity index is 1.52. The van der Waals surface area contributed by atoms with Gasteiger partial charge in [0.05, 0.1) is 27.8 Å². The molecule has 8 heteroatoms. The van der Waals surface area contributed by atoms with Gasteiger partial charge in [0.2, 0.25) is 11.7 Å². The molecule has 1 aromatic heterocycles. The Morgan fingerprint density at radius 3 is 2.48 bits per heavy atom. The number of amides is 1. The van der Waals surface area contributed by atoms with Crippen molar-refractivity contribution >= 4 is 5.91 Å². The maximum absolute atomic E-state index is 13.1. The standard InChI is InChI=1S/C23H29N3O5/c1-29-18-10-15(11-19(30-2)23(18)31-3)12-22(28)25-8-4-6-16(14-25)17-13-21(27)24-20-7-5-9-26(17)20/h10-11,13,16H,4-9,12,14H2,1-3H3. The summed E-state index contributed by atoms with van der Waals surface area (Å²) in [5.41, 5.74) is 1.66. The van der Waals surface area contributed by atoms with E-state index >= 15 is 0 Å². The van der Waals surface area contributed by atoms with E-state index in [0.717, 1.165) is 55.9 Å². The van der Waals surface area contributed by atoms with Crippen LogP contribution in [-0.2, 0) is 24.2 Å². The van der Waals surface area contributed by atoms with Gasteiger partial charge in [-0.05, 0) is 37.0 Å². The first-order valence-corrected chi connectivity index (χ1v) is 10.7. The number of likely N-dealkylation sites (tertiary alicyclic amines) is 1. The molecule has 1 saturated heterocycles. The number of piperidine rings is 1. The quantitative estimate of drug-likeness (QED) is 0.703. The molecule has 0 N–H and O–H groups in total. The van der Waals surface area contributed by atoms with E-state index in [4.69, 9.17) is 14.2 Å². The molecule has 0 saturated carbocycles. The van der Waals surface area contributed by atoms with Gasteiger partial charge in [0, 0.05) is 43.7 Å². The zero-order valence-corrected chi connectivity index (χ0v) is 18.3. The third-order valence-corrected chi connectivity index (χ3v) is 6.19. The molecule has 2 aliphatic heterocycles. The van der Waals surface area contributed by atoms with E-state index in [-0.39, 0.29) is 23.8 Å². The topological polar surface area (TPSA) is 82.9 Å². The van der Waals surface area contributed by atoms with Crippen LogP contribution in [0.15, 0.2) is 23.0 Å². The third-order valence-electron chi connectivity index (χ3n) is 6.19. The van der Waals surface area contributed by atoms with Crippen LogP contribution < -0.4 is 19.8 Å². The summed E-state index contributed by atoms with van der Waals surface area (Å²) in [6, 6.07) is 5.29. The summed E-state index contributed by atoms with van der Waals surface area (Å²) in [7, 11) is 4.68. The van der Waals surface area contributed by atoms with Crippen LogP contribution in [0.25, 0.3) is 0 Å². The number of hydrogen-bond acceptors (Lipinski definition) is 6. The molecule has 8 nitrogen and oxygen atoms in total. The van der Waals surface area contributed by atoms with Gasteiger partial charge in [-0.25, -0.2) is 0 Å². The number of methoxy groups -OCH3 is 3. The molecule has 0 radical (unpaired) electrons. The highest BCUT2D eigenvalue weighted by molar-refractivity contribution is 5.79. The van der Waals surface area contributed by atoms with Gasteiger partial charge in [0.1, 0.15) is 5.82 Å². The SMILES string of the molecule is COc1cc(CC(=O)N2CCCC(c3cc(=O)nc4n3CCC4)C2)cc(OC)c1OC. The lowest BCUT2D eigenvalue weighted by Crippen LogP contribution is -2.41. The number of carbonyl (C=O) groups is 1. The van der Waals surface area contributed by atoms with E-state index in [2.05, 4.69) is 9.55 Å². The number of benzene rings is 1. The first-order chi connectivity index (χ1) is 15.0. The van der Waals surface area contributed by atoms with Crippen LogP contribution in [0.4, 0.5) is 0 Å². The normalized spacial score (nSPS) is 17.9. The molecule has 166 valence electrons. The monoisotopic (exact) mass is 427 g/mol. The van der Waals surface area contributed by atoms with Gasteiger partial charge in [0.25, 0.3) is 5.56 Å². The van der Waals surface area contributed by atoms with Crippen molar-refractivity contribution in [2.24, 2.45) is 0 Å². The predicted octanol–water partition coefficient (Wildman–Crippen LogP) is 2.16. The smallest absolute Gasteiger partial charge is 0.273 e. The predicted molar refractivity (Wildman–Crippen MR) is 115 cm³/mol. The lowest BCUT2D eigenvalue weighted by Gasteiger charge is -2.34. The molecular weight excluding hydrogens is 398 g/mol. The van der Waals surface area contributed by atoms with Crippen LogP contribution in [-0.4, -0.2) is 54.8 Å². The van der Waals surface area contributed by atoms with Gasteiger partial charge in [-0.15, -0.1) is 0 Å². The molecule has 1 unspecified atom stereocenters. The fourth-order valence-electron chi connectivity index (χ4n) is 4.72.